The molecule has 2 aromatic carbocycles. The first-order chi connectivity index (χ1) is 11.8. The molecule has 0 fully saturated rings. The van der Waals surface area contributed by atoms with Crippen LogP contribution < -0.4 is 5.32 Å². The number of ether oxygens (including phenoxy) is 1. The van der Waals surface area contributed by atoms with E-state index >= 15 is 0 Å². The molecule has 0 radical (unpaired) electrons. The standard InChI is InChI=1S/C21H21NO3/c1-21(2,3)20(24)22-15-10-11-16-17(13-15)19(23)25-18(16)12-9-14-7-5-4-6-8-14/h4-13,18H,1-3H3,(H,22,24)/b12-9+. The van der Waals surface area contributed by atoms with Crippen LogP contribution in [0.4, 0.5) is 5.69 Å². The van der Waals surface area contributed by atoms with Crippen molar-refractivity contribution in [3.8, 4) is 0 Å². The number of hydrogen-bond acceptors (Lipinski definition) is 3. The van der Waals surface area contributed by atoms with Gasteiger partial charge in [0.2, 0.25) is 5.91 Å². The summed E-state index contributed by atoms with van der Waals surface area (Å²) in [5.41, 5.74) is 2.45. The first kappa shape index (κ1) is 17.0. The molecule has 1 aliphatic heterocycles. The van der Waals surface area contributed by atoms with Crippen LogP contribution in [0, 0.1) is 5.41 Å². The fraction of sp³-hybridized carbons (Fsp3) is 0.238. The lowest BCUT2D eigenvalue weighted by Crippen LogP contribution is -2.27. The minimum absolute atomic E-state index is 0.0978. The molecule has 4 heteroatoms. The highest BCUT2D eigenvalue weighted by molar-refractivity contribution is 5.99. The molecule has 1 amide bonds. The smallest absolute Gasteiger partial charge is 0.339 e. The monoisotopic (exact) mass is 335 g/mol. The molecule has 1 heterocycles. The van der Waals surface area contributed by atoms with Crippen LogP contribution in [-0.4, -0.2) is 11.9 Å². The van der Waals surface area contributed by atoms with Gasteiger partial charge in [0.25, 0.3) is 0 Å². The lowest BCUT2D eigenvalue weighted by molar-refractivity contribution is -0.123. The number of fused-ring (bicyclic) bond motifs is 1. The molecule has 0 aliphatic carbocycles. The maximum Gasteiger partial charge on any atom is 0.339 e. The number of hydrogen-bond donors (Lipinski definition) is 1. The summed E-state index contributed by atoms with van der Waals surface area (Å²) in [7, 11) is 0. The number of rotatable bonds is 3. The Kier molecular flexibility index (Phi) is 4.45. The highest BCUT2D eigenvalue weighted by atomic mass is 16.5. The lowest BCUT2D eigenvalue weighted by Gasteiger charge is -2.17. The van der Waals surface area contributed by atoms with Crippen LogP contribution in [0.3, 0.4) is 0 Å². The molecule has 0 bridgehead atoms. The fourth-order valence-electron chi connectivity index (χ4n) is 2.53. The molecule has 0 spiro atoms. The van der Waals surface area contributed by atoms with Crippen molar-refractivity contribution in [3.05, 3.63) is 71.3 Å². The summed E-state index contributed by atoms with van der Waals surface area (Å²) in [4.78, 5) is 24.3. The second-order valence-corrected chi connectivity index (χ2v) is 7.10. The van der Waals surface area contributed by atoms with E-state index in [4.69, 9.17) is 4.74 Å². The second kappa shape index (κ2) is 6.55. The van der Waals surface area contributed by atoms with Crippen LogP contribution in [0.15, 0.2) is 54.6 Å². The van der Waals surface area contributed by atoms with Gasteiger partial charge in [-0.05, 0) is 23.8 Å². The van der Waals surface area contributed by atoms with Gasteiger partial charge in [-0.15, -0.1) is 0 Å². The third kappa shape index (κ3) is 3.79. The average Bonchev–Trinajstić information content (AvgIpc) is 2.89. The van der Waals surface area contributed by atoms with E-state index in [0.29, 0.717) is 11.3 Å². The summed E-state index contributed by atoms with van der Waals surface area (Å²) in [6.45, 7) is 5.52. The predicted octanol–water partition coefficient (Wildman–Crippen LogP) is 4.60. The Morgan fingerprint density at radius 3 is 2.52 bits per heavy atom. The predicted molar refractivity (Wildman–Crippen MR) is 98.2 cm³/mol. The van der Waals surface area contributed by atoms with Crippen molar-refractivity contribution < 1.29 is 14.3 Å². The summed E-state index contributed by atoms with van der Waals surface area (Å²) in [6.07, 6.45) is 3.39. The molecule has 0 saturated carbocycles. The van der Waals surface area contributed by atoms with E-state index < -0.39 is 11.5 Å². The zero-order valence-corrected chi connectivity index (χ0v) is 14.6. The summed E-state index contributed by atoms with van der Waals surface area (Å²) >= 11 is 0. The fourth-order valence-corrected chi connectivity index (χ4v) is 2.53. The van der Waals surface area contributed by atoms with Crippen molar-refractivity contribution >= 4 is 23.6 Å². The topological polar surface area (TPSA) is 55.4 Å². The van der Waals surface area contributed by atoms with E-state index in [9.17, 15) is 9.59 Å². The van der Waals surface area contributed by atoms with E-state index in [1.54, 1.807) is 12.1 Å². The molecule has 1 aliphatic rings. The first-order valence-electron chi connectivity index (χ1n) is 8.24. The van der Waals surface area contributed by atoms with Crippen LogP contribution in [0.2, 0.25) is 0 Å². The maximum absolute atomic E-state index is 12.2. The highest BCUT2D eigenvalue weighted by Crippen LogP contribution is 2.34. The summed E-state index contributed by atoms with van der Waals surface area (Å²) in [5.74, 6) is -0.469. The van der Waals surface area contributed by atoms with Crippen molar-refractivity contribution in [2.24, 2.45) is 5.41 Å². The number of cyclic esters (lactones) is 1. The number of carbonyl (C=O) groups excluding carboxylic acids is 2. The number of esters is 1. The Labute approximate surface area is 147 Å². The largest absolute Gasteiger partial charge is 0.450 e. The Balaban J connectivity index is 1.81. The third-order valence-corrected chi connectivity index (χ3v) is 4.02. The molecular formula is C21H21NO3. The summed E-state index contributed by atoms with van der Waals surface area (Å²) < 4.78 is 5.44. The average molecular weight is 335 g/mol. The Hall–Kier alpha value is -2.88. The minimum atomic E-state index is -0.500. The number of anilines is 1. The molecule has 0 saturated heterocycles. The minimum Gasteiger partial charge on any atom is -0.450 e. The summed E-state index contributed by atoms with van der Waals surface area (Å²) in [6, 6.07) is 15.1. The van der Waals surface area contributed by atoms with Crippen LogP contribution >= 0.6 is 0 Å². The molecule has 128 valence electrons. The van der Waals surface area contributed by atoms with Gasteiger partial charge in [0.15, 0.2) is 0 Å². The van der Waals surface area contributed by atoms with Gasteiger partial charge in [-0.2, -0.15) is 0 Å². The number of carbonyl (C=O) groups is 2. The van der Waals surface area contributed by atoms with Crippen molar-refractivity contribution in [2.75, 3.05) is 5.32 Å². The number of nitrogens with one attached hydrogen (secondary N) is 1. The number of benzene rings is 2. The van der Waals surface area contributed by atoms with Crippen molar-refractivity contribution in [1.82, 2.24) is 0 Å². The Morgan fingerprint density at radius 1 is 1.12 bits per heavy atom. The van der Waals surface area contributed by atoms with Crippen LogP contribution in [-0.2, 0) is 9.53 Å². The Bertz CT molecular complexity index is 832. The number of amides is 1. The van der Waals surface area contributed by atoms with Crippen LogP contribution in [0.25, 0.3) is 6.08 Å². The van der Waals surface area contributed by atoms with Gasteiger partial charge in [-0.25, -0.2) is 4.79 Å². The molecule has 1 unspecified atom stereocenters. The van der Waals surface area contributed by atoms with E-state index in [0.717, 1.165) is 11.1 Å². The van der Waals surface area contributed by atoms with Gasteiger partial charge in [-0.3, -0.25) is 4.79 Å². The molecule has 0 aromatic heterocycles. The molecule has 4 nitrogen and oxygen atoms in total. The van der Waals surface area contributed by atoms with E-state index in [1.165, 1.54) is 0 Å². The van der Waals surface area contributed by atoms with Gasteiger partial charge in [0.1, 0.15) is 6.10 Å². The Morgan fingerprint density at radius 2 is 1.84 bits per heavy atom. The molecule has 2 aromatic rings. The van der Waals surface area contributed by atoms with E-state index in [2.05, 4.69) is 5.32 Å². The van der Waals surface area contributed by atoms with Gasteiger partial charge in [0, 0.05) is 16.7 Å². The van der Waals surface area contributed by atoms with Gasteiger partial charge in [0.05, 0.1) is 5.56 Å². The zero-order valence-electron chi connectivity index (χ0n) is 14.6. The van der Waals surface area contributed by atoms with Crippen molar-refractivity contribution in [3.63, 3.8) is 0 Å². The normalized spacial score (nSPS) is 16.6. The van der Waals surface area contributed by atoms with Gasteiger partial charge < -0.3 is 10.1 Å². The van der Waals surface area contributed by atoms with Crippen molar-refractivity contribution in [1.29, 1.82) is 0 Å². The van der Waals surface area contributed by atoms with Crippen molar-refractivity contribution in [2.45, 2.75) is 26.9 Å². The van der Waals surface area contributed by atoms with Crippen LogP contribution in [0.1, 0.15) is 48.4 Å². The molecule has 1 N–H and O–H groups in total. The zero-order chi connectivity index (χ0) is 18.0. The molecule has 3 rings (SSSR count). The summed E-state index contributed by atoms with van der Waals surface area (Å²) in [5, 5.41) is 2.84. The van der Waals surface area contributed by atoms with Crippen LogP contribution in [0.5, 0.6) is 0 Å². The van der Waals surface area contributed by atoms with Gasteiger partial charge >= 0.3 is 5.97 Å². The lowest BCUT2D eigenvalue weighted by atomic mass is 9.95. The molecular weight excluding hydrogens is 314 g/mol. The maximum atomic E-state index is 12.2. The highest BCUT2D eigenvalue weighted by Gasteiger charge is 2.30. The quantitative estimate of drug-likeness (QED) is 0.834. The first-order valence-corrected chi connectivity index (χ1v) is 8.24. The molecule has 25 heavy (non-hydrogen) atoms. The van der Waals surface area contributed by atoms with E-state index in [-0.39, 0.29) is 11.9 Å². The second-order valence-electron chi connectivity index (χ2n) is 7.10. The molecule has 1 atom stereocenters. The van der Waals surface area contributed by atoms with E-state index in [1.807, 2.05) is 69.3 Å². The SMILES string of the molecule is CC(C)(C)C(=O)Nc1ccc2c(c1)C(=O)OC2/C=C/c1ccccc1. The van der Waals surface area contributed by atoms with Gasteiger partial charge in [-0.1, -0.05) is 63.2 Å². The third-order valence-electron chi connectivity index (χ3n) is 4.02.